The van der Waals surface area contributed by atoms with Gasteiger partial charge in [0.25, 0.3) is 0 Å². The lowest BCUT2D eigenvalue weighted by Crippen LogP contribution is -2.07. The highest BCUT2D eigenvalue weighted by molar-refractivity contribution is 5.79. The lowest BCUT2D eigenvalue weighted by Gasteiger charge is -2.11. The average Bonchev–Trinajstić information content (AvgIpc) is 2.07. The molecule has 0 atom stereocenters. The molecule has 13 heavy (non-hydrogen) atoms. The largest absolute Gasteiger partial charge is 0.490 e. The van der Waals surface area contributed by atoms with Gasteiger partial charge in [-0.2, -0.15) is 0 Å². The van der Waals surface area contributed by atoms with E-state index in [0.29, 0.717) is 11.3 Å². The fourth-order valence-electron chi connectivity index (χ4n) is 1.12. The molecule has 0 N–H and O–H groups in total. The summed E-state index contributed by atoms with van der Waals surface area (Å²) in [5.74, 6) is 0.663. The first-order chi connectivity index (χ1) is 6.13. The molecular formula is C11H14O2. The SMILES string of the molecule is Cc1ccc(OC(C)C)c(C=O)c1. The van der Waals surface area contributed by atoms with Crippen LogP contribution in [-0.2, 0) is 0 Å². The molecule has 0 saturated heterocycles. The number of aldehydes is 1. The maximum atomic E-state index is 10.7. The molecule has 0 fully saturated rings. The van der Waals surface area contributed by atoms with Gasteiger partial charge in [0.15, 0.2) is 6.29 Å². The van der Waals surface area contributed by atoms with E-state index in [-0.39, 0.29) is 6.10 Å². The number of aryl methyl sites for hydroxylation is 1. The van der Waals surface area contributed by atoms with Gasteiger partial charge in [-0.05, 0) is 32.9 Å². The van der Waals surface area contributed by atoms with Gasteiger partial charge in [-0.3, -0.25) is 4.79 Å². The molecule has 0 bridgehead atoms. The summed E-state index contributed by atoms with van der Waals surface area (Å²) in [6, 6.07) is 5.59. The van der Waals surface area contributed by atoms with E-state index in [9.17, 15) is 4.79 Å². The number of hydrogen-bond donors (Lipinski definition) is 0. The van der Waals surface area contributed by atoms with Crippen LogP contribution in [-0.4, -0.2) is 12.4 Å². The van der Waals surface area contributed by atoms with Crippen LogP contribution in [0.1, 0.15) is 29.8 Å². The van der Waals surface area contributed by atoms with Crippen molar-refractivity contribution in [2.24, 2.45) is 0 Å². The number of ether oxygens (including phenoxy) is 1. The van der Waals surface area contributed by atoms with Gasteiger partial charge in [0, 0.05) is 0 Å². The second kappa shape index (κ2) is 4.08. The zero-order chi connectivity index (χ0) is 9.84. The molecule has 1 aromatic rings. The molecule has 0 heterocycles. The van der Waals surface area contributed by atoms with Crippen LogP contribution in [0.2, 0.25) is 0 Å². The van der Waals surface area contributed by atoms with E-state index < -0.39 is 0 Å². The number of benzene rings is 1. The molecule has 0 unspecified atom stereocenters. The third kappa shape index (κ3) is 2.58. The summed E-state index contributed by atoms with van der Waals surface area (Å²) >= 11 is 0. The molecule has 0 aromatic heterocycles. The Balaban J connectivity index is 2.99. The van der Waals surface area contributed by atoms with E-state index in [1.807, 2.05) is 39.0 Å². The molecular weight excluding hydrogens is 164 g/mol. The highest BCUT2D eigenvalue weighted by Crippen LogP contribution is 2.19. The lowest BCUT2D eigenvalue weighted by molar-refractivity contribution is 0.111. The summed E-state index contributed by atoms with van der Waals surface area (Å²) in [7, 11) is 0. The van der Waals surface area contributed by atoms with E-state index in [0.717, 1.165) is 11.8 Å². The van der Waals surface area contributed by atoms with Gasteiger partial charge >= 0.3 is 0 Å². The van der Waals surface area contributed by atoms with Crippen molar-refractivity contribution in [3.05, 3.63) is 29.3 Å². The van der Waals surface area contributed by atoms with E-state index in [1.54, 1.807) is 0 Å². The van der Waals surface area contributed by atoms with E-state index >= 15 is 0 Å². The minimum atomic E-state index is 0.0985. The standard InChI is InChI=1S/C11H14O2/c1-8(2)13-11-5-4-9(3)6-10(11)7-12/h4-8H,1-3H3. The fraction of sp³-hybridized carbons (Fsp3) is 0.364. The first-order valence-corrected chi connectivity index (χ1v) is 4.36. The van der Waals surface area contributed by atoms with Gasteiger partial charge in [0.2, 0.25) is 0 Å². The van der Waals surface area contributed by atoms with Crippen LogP contribution in [0.5, 0.6) is 5.75 Å². The minimum Gasteiger partial charge on any atom is -0.490 e. The molecule has 1 aromatic carbocycles. The molecule has 70 valence electrons. The van der Waals surface area contributed by atoms with Crippen molar-refractivity contribution in [3.8, 4) is 5.75 Å². The van der Waals surface area contributed by atoms with Crippen molar-refractivity contribution in [1.29, 1.82) is 0 Å². The van der Waals surface area contributed by atoms with Crippen LogP contribution < -0.4 is 4.74 Å². The van der Waals surface area contributed by atoms with Crippen LogP contribution >= 0.6 is 0 Å². The topological polar surface area (TPSA) is 26.3 Å². The van der Waals surface area contributed by atoms with E-state index in [1.165, 1.54) is 0 Å². The summed E-state index contributed by atoms with van der Waals surface area (Å²) in [6.45, 7) is 5.83. The van der Waals surface area contributed by atoms with Gasteiger partial charge in [0.05, 0.1) is 11.7 Å². The quantitative estimate of drug-likeness (QED) is 0.665. The second-order valence-corrected chi connectivity index (χ2v) is 3.33. The van der Waals surface area contributed by atoms with Crippen molar-refractivity contribution < 1.29 is 9.53 Å². The fourth-order valence-corrected chi connectivity index (χ4v) is 1.12. The zero-order valence-electron chi connectivity index (χ0n) is 8.20. The van der Waals surface area contributed by atoms with Gasteiger partial charge < -0.3 is 4.74 Å². The Kier molecular flexibility index (Phi) is 3.07. The maximum absolute atomic E-state index is 10.7. The van der Waals surface area contributed by atoms with E-state index in [2.05, 4.69) is 0 Å². The molecule has 2 heteroatoms. The smallest absolute Gasteiger partial charge is 0.153 e. The number of rotatable bonds is 3. The monoisotopic (exact) mass is 178 g/mol. The molecule has 0 aliphatic rings. The van der Waals surface area contributed by atoms with Gasteiger partial charge in [0.1, 0.15) is 5.75 Å². The first-order valence-electron chi connectivity index (χ1n) is 4.36. The van der Waals surface area contributed by atoms with Crippen molar-refractivity contribution in [2.45, 2.75) is 26.9 Å². The van der Waals surface area contributed by atoms with Crippen LogP contribution in [0, 0.1) is 6.92 Å². The van der Waals surface area contributed by atoms with Crippen molar-refractivity contribution in [3.63, 3.8) is 0 Å². The van der Waals surface area contributed by atoms with Crippen molar-refractivity contribution >= 4 is 6.29 Å². The minimum absolute atomic E-state index is 0.0985. The van der Waals surface area contributed by atoms with Crippen LogP contribution in [0.4, 0.5) is 0 Å². The summed E-state index contributed by atoms with van der Waals surface area (Å²) in [5, 5.41) is 0. The Hall–Kier alpha value is -1.31. The summed E-state index contributed by atoms with van der Waals surface area (Å²) in [4.78, 5) is 10.7. The maximum Gasteiger partial charge on any atom is 0.153 e. The van der Waals surface area contributed by atoms with Gasteiger partial charge in [-0.15, -0.1) is 0 Å². The number of carbonyl (C=O) groups excluding carboxylic acids is 1. The number of carbonyl (C=O) groups is 1. The van der Waals surface area contributed by atoms with Crippen LogP contribution in [0.25, 0.3) is 0 Å². The molecule has 0 aliphatic heterocycles. The second-order valence-electron chi connectivity index (χ2n) is 3.33. The molecule has 0 aliphatic carbocycles. The van der Waals surface area contributed by atoms with Crippen LogP contribution in [0.15, 0.2) is 18.2 Å². The average molecular weight is 178 g/mol. The molecule has 0 spiro atoms. The van der Waals surface area contributed by atoms with Gasteiger partial charge in [-0.1, -0.05) is 11.6 Å². The summed E-state index contributed by atoms with van der Waals surface area (Å²) < 4.78 is 5.46. The summed E-state index contributed by atoms with van der Waals surface area (Å²) in [5.41, 5.74) is 1.69. The Bertz CT molecular complexity index is 303. The Morgan fingerprint density at radius 3 is 2.62 bits per heavy atom. The number of hydrogen-bond acceptors (Lipinski definition) is 2. The Morgan fingerprint density at radius 2 is 2.08 bits per heavy atom. The Morgan fingerprint density at radius 1 is 1.38 bits per heavy atom. The van der Waals surface area contributed by atoms with Crippen LogP contribution in [0.3, 0.4) is 0 Å². The van der Waals surface area contributed by atoms with Gasteiger partial charge in [-0.25, -0.2) is 0 Å². The molecule has 1 rings (SSSR count). The predicted octanol–water partition coefficient (Wildman–Crippen LogP) is 2.59. The third-order valence-electron chi connectivity index (χ3n) is 1.65. The zero-order valence-corrected chi connectivity index (χ0v) is 8.20. The molecule has 0 amide bonds. The highest BCUT2D eigenvalue weighted by Gasteiger charge is 2.04. The molecule has 0 radical (unpaired) electrons. The third-order valence-corrected chi connectivity index (χ3v) is 1.65. The predicted molar refractivity (Wildman–Crippen MR) is 52.3 cm³/mol. The molecule has 0 saturated carbocycles. The Labute approximate surface area is 78.5 Å². The van der Waals surface area contributed by atoms with E-state index in [4.69, 9.17) is 4.74 Å². The molecule has 2 nitrogen and oxygen atoms in total. The summed E-state index contributed by atoms with van der Waals surface area (Å²) in [6.07, 6.45) is 0.923. The van der Waals surface area contributed by atoms with Crippen molar-refractivity contribution in [2.75, 3.05) is 0 Å². The first kappa shape index (κ1) is 9.78. The normalized spacial score (nSPS) is 10.2. The highest BCUT2D eigenvalue weighted by atomic mass is 16.5. The lowest BCUT2D eigenvalue weighted by atomic mass is 10.1. The van der Waals surface area contributed by atoms with Crippen molar-refractivity contribution in [1.82, 2.24) is 0 Å².